The van der Waals surface area contributed by atoms with E-state index in [0.29, 0.717) is 31.5 Å². The number of ether oxygens (including phenoxy) is 3. The number of carbonyl (C=O) groups excluding carboxylic acids is 1. The van der Waals surface area contributed by atoms with Crippen molar-refractivity contribution in [3.05, 3.63) is 0 Å². The summed E-state index contributed by atoms with van der Waals surface area (Å²) in [7, 11) is 0. The molecule has 0 radical (unpaired) electrons. The fourth-order valence-electron chi connectivity index (χ4n) is 1.60. The molecule has 7 heteroatoms. The lowest BCUT2D eigenvalue weighted by atomic mass is 10.4. The quantitative estimate of drug-likeness (QED) is 0.704. The molecule has 5 nitrogen and oxygen atoms in total. The predicted octanol–water partition coefficient (Wildman–Crippen LogP) is 2.05. The van der Waals surface area contributed by atoms with Gasteiger partial charge in [-0.2, -0.15) is 0 Å². The second kappa shape index (κ2) is 7.38. The molecule has 0 aromatic rings. The first-order valence-electron chi connectivity index (χ1n) is 5.84. The summed E-state index contributed by atoms with van der Waals surface area (Å²) in [6.45, 7) is 5.07. The summed E-state index contributed by atoms with van der Waals surface area (Å²) in [6.07, 6.45) is -0.651. The largest absolute Gasteiger partial charge is 0.447 e. The first kappa shape index (κ1) is 15.8. The number of alkyl halides is 2. The Labute approximate surface area is 117 Å². The van der Waals surface area contributed by atoms with Crippen LogP contribution in [0.5, 0.6) is 0 Å². The van der Waals surface area contributed by atoms with E-state index in [4.69, 9.17) is 37.4 Å². The van der Waals surface area contributed by atoms with Gasteiger partial charge in [0.25, 0.3) is 0 Å². The molecule has 18 heavy (non-hydrogen) atoms. The van der Waals surface area contributed by atoms with Crippen LogP contribution >= 0.6 is 23.2 Å². The van der Waals surface area contributed by atoms with Gasteiger partial charge >= 0.3 is 6.09 Å². The maximum Gasteiger partial charge on any atom is 0.409 e. The van der Waals surface area contributed by atoms with Gasteiger partial charge in [0.1, 0.15) is 12.7 Å². The fourth-order valence-corrected chi connectivity index (χ4v) is 2.01. The molecule has 0 N–H and O–H groups in total. The topological polar surface area (TPSA) is 48.0 Å². The average molecular weight is 300 g/mol. The molecular formula is C11H19Cl2NO4. The van der Waals surface area contributed by atoms with Crippen LogP contribution in [0.4, 0.5) is 4.79 Å². The van der Waals surface area contributed by atoms with Crippen LogP contribution in [0.1, 0.15) is 13.8 Å². The Morgan fingerprint density at radius 1 is 1.39 bits per heavy atom. The molecule has 0 aromatic heterocycles. The zero-order chi connectivity index (χ0) is 13.6. The summed E-state index contributed by atoms with van der Waals surface area (Å²) in [5, 5.41) is 0. The van der Waals surface area contributed by atoms with E-state index in [1.54, 1.807) is 0 Å². The molecule has 1 unspecified atom stereocenters. The van der Waals surface area contributed by atoms with Gasteiger partial charge in [-0.1, -0.05) is 0 Å². The number of rotatable bonds is 6. The lowest BCUT2D eigenvalue weighted by Gasteiger charge is -2.21. The Balaban J connectivity index is 2.31. The number of nitrogens with zero attached hydrogens (tertiary/aromatic N) is 1. The molecule has 0 aliphatic carbocycles. The van der Waals surface area contributed by atoms with Crippen molar-refractivity contribution in [1.29, 1.82) is 0 Å². The summed E-state index contributed by atoms with van der Waals surface area (Å²) in [5.74, 6) is 0.0904. The molecule has 1 aliphatic rings. The molecular weight excluding hydrogens is 281 g/mol. The Hall–Kier alpha value is -0.230. The molecule has 0 spiro atoms. The minimum absolute atomic E-state index is 0.170. The molecule has 1 saturated heterocycles. The van der Waals surface area contributed by atoms with Crippen molar-refractivity contribution < 1.29 is 19.0 Å². The number of halogens is 2. The van der Waals surface area contributed by atoms with E-state index in [0.717, 1.165) is 0 Å². The van der Waals surface area contributed by atoms with Crippen LogP contribution in [0.25, 0.3) is 0 Å². The van der Waals surface area contributed by atoms with Gasteiger partial charge in [-0.3, -0.25) is 0 Å². The molecule has 1 aliphatic heterocycles. The molecule has 0 saturated carbocycles. The van der Waals surface area contributed by atoms with E-state index in [2.05, 4.69) is 0 Å². The fraction of sp³-hybridized carbons (Fsp3) is 0.909. The van der Waals surface area contributed by atoms with Crippen molar-refractivity contribution in [1.82, 2.24) is 4.90 Å². The van der Waals surface area contributed by atoms with Crippen LogP contribution in [0.2, 0.25) is 0 Å². The Bertz CT molecular complexity index is 270. The van der Waals surface area contributed by atoms with Gasteiger partial charge in [-0.25, -0.2) is 4.79 Å². The first-order chi connectivity index (χ1) is 8.48. The van der Waals surface area contributed by atoms with Crippen LogP contribution in [0.3, 0.4) is 0 Å². The van der Waals surface area contributed by atoms with Crippen molar-refractivity contribution in [3.63, 3.8) is 0 Å². The van der Waals surface area contributed by atoms with Crippen molar-refractivity contribution in [2.24, 2.45) is 0 Å². The third kappa shape index (κ3) is 5.18. The van der Waals surface area contributed by atoms with Crippen LogP contribution in [-0.2, 0) is 14.2 Å². The van der Waals surface area contributed by atoms with Gasteiger partial charge in [0.05, 0.1) is 6.61 Å². The highest BCUT2D eigenvalue weighted by atomic mass is 35.5. The van der Waals surface area contributed by atoms with Crippen molar-refractivity contribution >= 4 is 29.3 Å². The van der Waals surface area contributed by atoms with Crippen molar-refractivity contribution in [2.45, 2.75) is 25.7 Å². The van der Waals surface area contributed by atoms with Gasteiger partial charge in [-0.15, -0.1) is 23.2 Å². The highest BCUT2D eigenvalue weighted by Crippen LogP contribution is 2.22. The van der Waals surface area contributed by atoms with Gasteiger partial charge < -0.3 is 19.1 Å². The van der Waals surface area contributed by atoms with Crippen molar-refractivity contribution in [3.8, 4) is 0 Å². The minimum Gasteiger partial charge on any atom is -0.447 e. The van der Waals surface area contributed by atoms with Crippen LogP contribution in [-0.4, -0.2) is 60.9 Å². The Morgan fingerprint density at radius 2 is 2.00 bits per heavy atom. The van der Waals surface area contributed by atoms with Gasteiger partial charge in [0.15, 0.2) is 5.79 Å². The molecule has 0 bridgehead atoms. The highest BCUT2D eigenvalue weighted by Gasteiger charge is 2.33. The summed E-state index contributed by atoms with van der Waals surface area (Å²) in [4.78, 5) is 13.2. The van der Waals surface area contributed by atoms with Crippen LogP contribution in [0, 0.1) is 0 Å². The average Bonchev–Trinajstić information content (AvgIpc) is 2.66. The van der Waals surface area contributed by atoms with E-state index in [-0.39, 0.29) is 12.7 Å². The standard InChI is InChI=1S/C11H19Cl2NO4/c1-11(2)17-8-9(18-11)7-16-10(15)14(5-3-12)6-4-13/h9H,3-8H2,1-2H3. The number of amides is 1. The number of hydrogen-bond acceptors (Lipinski definition) is 4. The number of hydrogen-bond donors (Lipinski definition) is 0. The van der Waals surface area contributed by atoms with E-state index in [1.165, 1.54) is 4.90 Å². The molecule has 1 rings (SSSR count). The lowest BCUT2D eigenvalue weighted by Crippen LogP contribution is -2.36. The predicted molar refractivity (Wildman–Crippen MR) is 69.3 cm³/mol. The normalized spacial score (nSPS) is 21.9. The summed E-state index contributed by atoms with van der Waals surface area (Å²) in [5.41, 5.74) is 0. The minimum atomic E-state index is -0.608. The summed E-state index contributed by atoms with van der Waals surface area (Å²) < 4.78 is 16.1. The second-order valence-electron chi connectivity index (χ2n) is 4.39. The first-order valence-corrected chi connectivity index (χ1v) is 6.91. The molecule has 106 valence electrons. The highest BCUT2D eigenvalue weighted by molar-refractivity contribution is 6.18. The second-order valence-corrected chi connectivity index (χ2v) is 5.15. The summed E-state index contributed by atoms with van der Waals surface area (Å²) in [6, 6.07) is 0. The molecule has 1 fully saturated rings. The smallest absolute Gasteiger partial charge is 0.409 e. The van der Waals surface area contributed by atoms with Gasteiger partial charge in [0.2, 0.25) is 0 Å². The lowest BCUT2D eigenvalue weighted by molar-refractivity contribution is -0.142. The van der Waals surface area contributed by atoms with Crippen molar-refractivity contribution in [2.75, 3.05) is 38.1 Å². The number of carbonyl (C=O) groups is 1. The van der Waals surface area contributed by atoms with Crippen LogP contribution < -0.4 is 0 Å². The molecule has 1 amide bonds. The monoisotopic (exact) mass is 299 g/mol. The zero-order valence-electron chi connectivity index (χ0n) is 10.7. The van der Waals surface area contributed by atoms with Gasteiger partial charge in [-0.05, 0) is 13.8 Å². The van der Waals surface area contributed by atoms with E-state index in [1.807, 2.05) is 13.8 Å². The maximum atomic E-state index is 11.7. The molecule has 0 aromatic carbocycles. The third-order valence-electron chi connectivity index (χ3n) is 2.43. The molecule has 1 heterocycles. The Morgan fingerprint density at radius 3 is 2.44 bits per heavy atom. The van der Waals surface area contributed by atoms with Gasteiger partial charge in [0, 0.05) is 24.8 Å². The van der Waals surface area contributed by atoms with E-state index >= 15 is 0 Å². The molecule has 1 atom stereocenters. The van der Waals surface area contributed by atoms with Crippen LogP contribution in [0.15, 0.2) is 0 Å². The van der Waals surface area contributed by atoms with E-state index < -0.39 is 11.9 Å². The summed E-state index contributed by atoms with van der Waals surface area (Å²) >= 11 is 11.2. The van der Waals surface area contributed by atoms with E-state index in [9.17, 15) is 4.79 Å². The maximum absolute atomic E-state index is 11.7. The Kier molecular flexibility index (Phi) is 6.49. The zero-order valence-corrected chi connectivity index (χ0v) is 12.2. The SMILES string of the molecule is CC1(C)OCC(COC(=O)N(CCCl)CCCl)O1. The third-order valence-corrected chi connectivity index (χ3v) is 2.77.